The zero-order chi connectivity index (χ0) is 27.4. The molecule has 0 spiro atoms. The van der Waals surface area contributed by atoms with Crippen LogP contribution in [0.5, 0.6) is 5.75 Å². The maximum absolute atomic E-state index is 5.97. The Balaban J connectivity index is 1.63. The predicted molar refractivity (Wildman–Crippen MR) is 158 cm³/mol. The van der Waals surface area contributed by atoms with E-state index >= 15 is 0 Å². The van der Waals surface area contributed by atoms with E-state index in [1.54, 1.807) is 7.11 Å². The normalized spacial score (nSPS) is 11.6. The van der Waals surface area contributed by atoms with Crippen molar-refractivity contribution in [3.05, 3.63) is 102 Å². The summed E-state index contributed by atoms with van der Waals surface area (Å²) < 4.78 is 13.8. The van der Waals surface area contributed by atoms with Crippen LogP contribution in [0.25, 0.3) is 55.2 Å². The van der Waals surface area contributed by atoms with Crippen molar-refractivity contribution in [3.8, 4) is 28.1 Å². The van der Waals surface area contributed by atoms with Gasteiger partial charge in [0.1, 0.15) is 23.0 Å². The maximum Gasteiger partial charge on any atom is 0.145 e. The molecule has 7 rings (SSSR count). The Kier molecular flexibility index (Phi) is 5.59. The average Bonchev–Trinajstić information content (AvgIpc) is 3.47. The van der Waals surface area contributed by atoms with Gasteiger partial charge in [-0.1, -0.05) is 53.7 Å². The van der Waals surface area contributed by atoms with Gasteiger partial charge in [-0.15, -0.1) is 0 Å². The molecule has 0 aliphatic rings. The first kappa shape index (κ1) is 24.0. The number of ether oxygens (including phenoxy) is 1. The van der Waals surface area contributed by atoms with E-state index in [9.17, 15) is 0 Å². The molecule has 0 atom stereocenters. The SMILES string of the molecule is COc1cc2c3c(-c4ccnc5ccccc45)nc(C)nc3n(Cc3ccccc3)c2cc1-c1c(C)noc1C. The zero-order valence-electron chi connectivity index (χ0n) is 22.8. The summed E-state index contributed by atoms with van der Waals surface area (Å²) in [6, 6.07) is 24.9. The van der Waals surface area contributed by atoms with Crippen LogP contribution in [0, 0.1) is 20.8 Å². The molecule has 0 amide bonds. The van der Waals surface area contributed by atoms with Crippen molar-refractivity contribution in [1.29, 1.82) is 0 Å². The van der Waals surface area contributed by atoms with E-state index in [0.717, 1.165) is 72.4 Å². The Labute approximate surface area is 231 Å². The van der Waals surface area contributed by atoms with Crippen LogP contribution in [0.15, 0.2) is 83.5 Å². The van der Waals surface area contributed by atoms with Gasteiger partial charge in [-0.2, -0.15) is 0 Å². The van der Waals surface area contributed by atoms with Gasteiger partial charge >= 0.3 is 0 Å². The second-order valence-electron chi connectivity index (χ2n) is 10.0. The van der Waals surface area contributed by atoms with Gasteiger partial charge in [-0.25, -0.2) is 9.97 Å². The van der Waals surface area contributed by atoms with Gasteiger partial charge in [-0.05, 0) is 50.6 Å². The number of aryl methyl sites for hydroxylation is 3. The van der Waals surface area contributed by atoms with Gasteiger partial charge < -0.3 is 13.8 Å². The van der Waals surface area contributed by atoms with Gasteiger partial charge in [-0.3, -0.25) is 4.98 Å². The Hall–Kier alpha value is -5.04. The third kappa shape index (κ3) is 3.73. The average molecular weight is 526 g/mol. The van der Waals surface area contributed by atoms with Gasteiger partial charge in [0.2, 0.25) is 0 Å². The third-order valence-electron chi connectivity index (χ3n) is 7.53. The number of pyridine rings is 1. The van der Waals surface area contributed by atoms with E-state index in [4.69, 9.17) is 19.2 Å². The molecule has 0 aliphatic carbocycles. The molecule has 7 aromatic rings. The van der Waals surface area contributed by atoms with Crippen LogP contribution in [-0.2, 0) is 6.54 Å². The molecule has 7 heteroatoms. The number of para-hydroxylation sites is 1. The second-order valence-corrected chi connectivity index (χ2v) is 10.0. The van der Waals surface area contributed by atoms with E-state index in [0.29, 0.717) is 12.4 Å². The lowest BCUT2D eigenvalue weighted by molar-refractivity contribution is 0.393. The van der Waals surface area contributed by atoms with Crippen molar-refractivity contribution in [1.82, 2.24) is 24.7 Å². The molecule has 7 nitrogen and oxygen atoms in total. The summed E-state index contributed by atoms with van der Waals surface area (Å²) in [5.74, 6) is 2.20. The molecular weight excluding hydrogens is 498 g/mol. The largest absolute Gasteiger partial charge is 0.496 e. The van der Waals surface area contributed by atoms with Crippen molar-refractivity contribution in [2.24, 2.45) is 0 Å². The second kappa shape index (κ2) is 9.31. The first-order chi connectivity index (χ1) is 19.5. The smallest absolute Gasteiger partial charge is 0.145 e. The molecular formula is C33H27N5O2. The van der Waals surface area contributed by atoms with Crippen molar-refractivity contribution in [3.63, 3.8) is 0 Å². The van der Waals surface area contributed by atoms with E-state index in [-0.39, 0.29) is 0 Å². The molecule has 4 aromatic heterocycles. The van der Waals surface area contributed by atoms with Gasteiger partial charge in [0.25, 0.3) is 0 Å². The molecule has 0 saturated heterocycles. The van der Waals surface area contributed by atoms with Gasteiger partial charge in [0.15, 0.2) is 0 Å². The zero-order valence-corrected chi connectivity index (χ0v) is 22.8. The number of fused-ring (bicyclic) bond motifs is 4. The van der Waals surface area contributed by atoms with E-state index in [1.165, 1.54) is 5.56 Å². The van der Waals surface area contributed by atoms with Crippen molar-refractivity contribution < 1.29 is 9.26 Å². The van der Waals surface area contributed by atoms with E-state index in [1.807, 2.05) is 57.3 Å². The fraction of sp³-hybridized carbons (Fsp3) is 0.152. The molecule has 4 heterocycles. The van der Waals surface area contributed by atoms with Crippen LogP contribution in [0.1, 0.15) is 22.8 Å². The highest BCUT2D eigenvalue weighted by atomic mass is 16.5. The first-order valence-electron chi connectivity index (χ1n) is 13.2. The van der Waals surface area contributed by atoms with Gasteiger partial charge in [0, 0.05) is 34.6 Å². The Bertz CT molecular complexity index is 2030. The number of rotatable bonds is 5. The van der Waals surface area contributed by atoms with Crippen molar-refractivity contribution in [2.75, 3.05) is 7.11 Å². The highest BCUT2D eigenvalue weighted by Gasteiger charge is 2.24. The summed E-state index contributed by atoms with van der Waals surface area (Å²) in [4.78, 5) is 14.6. The number of aromatic nitrogens is 5. The molecule has 40 heavy (non-hydrogen) atoms. The Morgan fingerprint density at radius 3 is 2.42 bits per heavy atom. The lowest BCUT2D eigenvalue weighted by Gasteiger charge is -2.11. The summed E-state index contributed by atoms with van der Waals surface area (Å²) in [6.45, 7) is 6.49. The summed E-state index contributed by atoms with van der Waals surface area (Å²) >= 11 is 0. The summed E-state index contributed by atoms with van der Waals surface area (Å²) in [5, 5.41) is 7.26. The third-order valence-corrected chi connectivity index (χ3v) is 7.53. The summed E-state index contributed by atoms with van der Waals surface area (Å²) in [7, 11) is 1.70. The maximum atomic E-state index is 5.97. The molecule has 0 N–H and O–H groups in total. The van der Waals surface area contributed by atoms with E-state index < -0.39 is 0 Å². The lowest BCUT2D eigenvalue weighted by Crippen LogP contribution is -2.03. The molecule has 0 unspecified atom stereocenters. The fourth-order valence-electron chi connectivity index (χ4n) is 5.76. The minimum Gasteiger partial charge on any atom is -0.496 e. The van der Waals surface area contributed by atoms with Crippen molar-refractivity contribution in [2.45, 2.75) is 27.3 Å². The van der Waals surface area contributed by atoms with Crippen LogP contribution in [0.3, 0.4) is 0 Å². The molecule has 0 fully saturated rings. The molecule has 3 aromatic carbocycles. The Morgan fingerprint density at radius 1 is 0.850 bits per heavy atom. The molecule has 0 radical (unpaired) electrons. The number of methoxy groups -OCH3 is 1. The van der Waals surface area contributed by atoms with Crippen LogP contribution in [0.2, 0.25) is 0 Å². The number of benzene rings is 3. The minimum atomic E-state index is 0.654. The molecule has 0 aliphatic heterocycles. The van der Waals surface area contributed by atoms with Crippen LogP contribution in [0.4, 0.5) is 0 Å². The van der Waals surface area contributed by atoms with Crippen LogP contribution in [-0.4, -0.2) is 31.8 Å². The predicted octanol–water partition coefficient (Wildman–Crippen LogP) is 7.44. The molecule has 0 saturated carbocycles. The molecule has 196 valence electrons. The Morgan fingerprint density at radius 2 is 1.65 bits per heavy atom. The van der Waals surface area contributed by atoms with Crippen LogP contribution < -0.4 is 4.74 Å². The van der Waals surface area contributed by atoms with E-state index in [2.05, 4.69) is 57.2 Å². The fourth-order valence-corrected chi connectivity index (χ4v) is 5.76. The first-order valence-corrected chi connectivity index (χ1v) is 13.2. The van der Waals surface area contributed by atoms with Crippen molar-refractivity contribution >= 4 is 32.8 Å². The monoisotopic (exact) mass is 525 g/mol. The summed E-state index contributed by atoms with van der Waals surface area (Å²) in [5.41, 5.74) is 8.62. The lowest BCUT2D eigenvalue weighted by atomic mass is 9.99. The standard InChI is InChI=1S/C33H27N5O2/c1-19-30(20(2)40-37-19)26-16-28-25(17-29(26)39-4)31-32(24-14-15-34-27-13-9-8-12-23(24)27)35-21(3)36-33(31)38(28)18-22-10-6-5-7-11-22/h5-17H,18H2,1-4H3. The number of hydrogen-bond donors (Lipinski definition) is 0. The number of nitrogens with zero attached hydrogens (tertiary/aromatic N) is 5. The highest BCUT2D eigenvalue weighted by Crippen LogP contribution is 2.43. The highest BCUT2D eigenvalue weighted by molar-refractivity contribution is 6.16. The molecule has 0 bridgehead atoms. The van der Waals surface area contributed by atoms with Crippen LogP contribution >= 0.6 is 0 Å². The minimum absolute atomic E-state index is 0.654. The topological polar surface area (TPSA) is 78.9 Å². The summed E-state index contributed by atoms with van der Waals surface area (Å²) in [6.07, 6.45) is 1.85. The van der Waals surface area contributed by atoms with Gasteiger partial charge in [0.05, 0.1) is 40.5 Å². The number of hydrogen-bond acceptors (Lipinski definition) is 6. The quantitative estimate of drug-likeness (QED) is 0.232.